The Morgan fingerprint density at radius 1 is 1.15 bits per heavy atom. The number of aromatic nitrogens is 1. The summed E-state index contributed by atoms with van der Waals surface area (Å²) in [4.78, 5) is 20.2. The number of nitrogens with zero attached hydrogens (tertiary/aromatic N) is 1. The average Bonchev–Trinajstić information content (AvgIpc) is 3.22. The molecule has 0 atom stereocenters. The summed E-state index contributed by atoms with van der Waals surface area (Å²) >= 11 is 1.77. The number of fused-ring (bicyclic) bond motifs is 3. The Kier molecular flexibility index (Phi) is 4.98. The normalized spacial score (nSPS) is 13.1. The Balaban J connectivity index is 1.95. The van der Waals surface area contributed by atoms with Crippen LogP contribution in [-0.2, 0) is 22.3 Å². The minimum atomic E-state index is -0.326. The molecule has 4 nitrogen and oxygen atoms in total. The molecule has 0 radical (unpaired) electrons. The zero-order chi connectivity index (χ0) is 19.0. The highest BCUT2D eigenvalue weighted by Crippen LogP contribution is 2.43. The lowest BCUT2D eigenvalue weighted by atomic mass is 9.93. The molecule has 1 aliphatic carbocycles. The third-order valence-electron chi connectivity index (χ3n) is 5.10. The summed E-state index contributed by atoms with van der Waals surface area (Å²) < 4.78 is 10.5. The van der Waals surface area contributed by atoms with E-state index in [4.69, 9.17) is 14.5 Å². The van der Waals surface area contributed by atoms with Crippen LogP contribution >= 0.6 is 11.3 Å². The molecule has 27 heavy (non-hydrogen) atoms. The molecular weight excluding hydrogens is 358 g/mol. The van der Waals surface area contributed by atoms with Gasteiger partial charge in [0.25, 0.3) is 0 Å². The van der Waals surface area contributed by atoms with Crippen molar-refractivity contribution in [3.8, 4) is 11.1 Å². The first-order valence-electron chi connectivity index (χ1n) is 9.28. The molecule has 0 amide bonds. The second-order valence-corrected chi connectivity index (χ2v) is 8.06. The van der Waals surface area contributed by atoms with Crippen LogP contribution in [0.2, 0.25) is 0 Å². The molecule has 4 rings (SSSR count). The molecule has 3 aromatic rings. The molecule has 0 saturated heterocycles. The van der Waals surface area contributed by atoms with E-state index < -0.39 is 0 Å². The quantitative estimate of drug-likeness (QED) is 0.467. The number of benzene rings is 1. The fraction of sp³-hybridized carbons (Fsp3) is 0.364. The topological polar surface area (TPSA) is 48.4 Å². The van der Waals surface area contributed by atoms with Crippen molar-refractivity contribution in [2.24, 2.45) is 0 Å². The first-order chi connectivity index (χ1) is 13.1. The van der Waals surface area contributed by atoms with Crippen molar-refractivity contribution < 1.29 is 14.3 Å². The maximum absolute atomic E-state index is 13.0. The van der Waals surface area contributed by atoms with Crippen molar-refractivity contribution in [3.63, 3.8) is 0 Å². The molecule has 140 valence electrons. The van der Waals surface area contributed by atoms with E-state index in [2.05, 4.69) is 31.2 Å². The lowest BCUT2D eigenvalue weighted by Crippen LogP contribution is -2.13. The Morgan fingerprint density at radius 3 is 2.67 bits per heavy atom. The van der Waals surface area contributed by atoms with Gasteiger partial charge in [-0.15, -0.1) is 11.3 Å². The molecule has 2 aromatic heterocycles. The maximum Gasteiger partial charge on any atom is 0.340 e. The third kappa shape index (κ3) is 3.26. The number of rotatable bonds is 5. The van der Waals surface area contributed by atoms with Gasteiger partial charge in [-0.3, -0.25) is 0 Å². The summed E-state index contributed by atoms with van der Waals surface area (Å²) in [5.74, 6) is -0.326. The number of aryl methyl sites for hydroxylation is 4. The summed E-state index contributed by atoms with van der Waals surface area (Å²) in [5.41, 5.74) is 5.88. The predicted molar refractivity (Wildman–Crippen MR) is 109 cm³/mol. The van der Waals surface area contributed by atoms with Crippen LogP contribution in [0.25, 0.3) is 21.3 Å². The summed E-state index contributed by atoms with van der Waals surface area (Å²) in [6.07, 6.45) is 3.33. The Hall–Kier alpha value is -2.24. The predicted octanol–water partition coefficient (Wildman–Crippen LogP) is 4.87. The number of methoxy groups -OCH3 is 1. The number of esters is 1. The molecule has 2 heterocycles. The van der Waals surface area contributed by atoms with E-state index in [-0.39, 0.29) is 12.6 Å². The van der Waals surface area contributed by atoms with Crippen molar-refractivity contribution >= 4 is 27.5 Å². The van der Waals surface area contributed by atoms with E-state index in [1.54, 1.807) is 18.4 Å². The molecular formula is C22H23NO3S. The fourth-order valence-corrected chi connectivity index (χ4v) is 5.11. The standard InChI is InChI=1S/C22H23NO3S/c1-13-7-9-15(10-8-13)19-18(22(24)26-12-11-25-3)14(2)23-21-20(19)16-5-4-6-17(16)27-21/h7-10H,4-6,11-12H2,1-3H3. The van der Waals surface area contributed by atoms with Crippen LogP contribution < -0.4 is 0 Å². The van der Waals surface area contributed by atoms with E-state index >= 15 is 0 Å². The molecule has 0 spiro atoms. The third-order valence-corrected chi connectivity index (χ3v) is 6.28. The lowest BCUT2D eigenvalue weighted by Gasteiger charge is -2.15. The molecule has 0 unspecified atom stereocenters. The van der Waals surface area contributed by atoms with Crippen molar-refractivity contribution in [3.05, 3.63) is 51.5 Å². The van der Waals surface area contributed by atoms with Gasteiger partial charge in [-0.05, 0) is 44.2 Å². The molecule has 0 saturated carbocycles. The van der Waals surface area contributed by atoms with Crippen LogP contribution in [0.5, 0.6) is 0 Å². The van der Waals surface area contributed by atoms with Crippen LogP contribution in [0.15, 0.2) is 24.3 Å². The van der Waals surface area contributed by atoms with Gasteiger partial charge in [0.15, 0.2) is 0 Å². The molecule has 0 aliphatic heterocycles. The van der Waals surface area contributed by atoms with E-state index in [1.165, 1.54) is 22.4 Å². The highest BCUT2D eigenvalue weighted by Gasteiger charge is 2.27. The Morgan fingerprint density at radius 2 is 1.93 bits per heavy atom. The zero-order valence-corrected chi connectivity index (χ0v) is 16.7. The minimum absolute atomic E-state index is 0.238. The first-order valence-corrected chi connectivity index (χ1v) is 10.1. The lowest BCUT2D eigenvalue weighted by molar-refractivity contribution is 0.0388. The number of thiophene rings is 1. The van der Waals surface area contributed by atoms with Crippen LogP contribution in [-0.4, -0.2) is 31.3 Å². The Labute approximate surface area is 163 Å². The molecule has 0 N–H and O–H groups in total. The van der Waals surface area contributed by atoms with Gasteiger partial charge in [0.05, 0.1) is 17.9 Å². The second-order valence-electron chi connectivity index (χ2n) is 6.98. The monoisotopic (exact) mass is 381 g/mol. The largest absolute Gasteiger partial charge is 0.460 e. The van der Waals surface area contributed by atoms with Gasteiger partial charge in [0.2, 0.25) is 0 Å². The highest BCUT2D eigenvalue weighted by atomic mass is 32.1. The van der Waals surface area contributed by atoms with Crippen molar-refractivity contribution in [1.29, 1.82) is 0 Å². The van der Waals surface area contributed by atoms with E-state index in [9.17, 15) is 4.79 Å². The van der Waals surface area contributed by atoms with Crippen molar-refractivity contribution in [2.75, 3.05) is 20.3 Å². The van der Waals surface area contributed by atoms with Gasteiger partial charge in [-0.25, -0.2) is 9.78 Å². The number of carbonyl (C=O) groups is 1. The van der Waals surface area contributed by atoms with E-state index in [1.807, 2.05) is 6.92 Å². The van der Waals surface area contributed by atoms with E-state index in [0.29, 0.717) is 12.2 Å². The fourth-order valence-electron chi connectivity index (χ4n) is 3.79. The van der Waals surface area contributed by atoms with Crippen LogP contribution in [0, 0.1) is 13.8 Å². The number of pyridine rings is 1. The van der Waals surface area contributed by atoms with Gasteiger partial charge < -0.3 is 9.47 Å². The maximum atomic E-state index is 13.0. The van der Waals surface area contributed by atoms with Gasteiger partial charge in [-0.2, -0.15) is 0 Å². The number of ether oxygens (including phenoxy) is 2. The number of hydrogen-bond donors (Lipinski definition) is 0. The number of hydrogen-bond acceptors (Lipinski definition) is 5. The van der Waals surface area contributed by atoms with Gasteiger partial charge in [0, 0.05) is 22.9 Å². The zero-order valence-electron chi connectivity index (χ0n) is 15.9. The van der Waals surface area contributed by atoms with Crippen molar-refractivity contribution in [1.82, 2.24) is 4.98 Å². The molecule has 0 fully saturated rings. The molecule has 1 aliphatic rings. The SMILES string of the molecule is COCCOC(=O)c1c(C)nc2sc3c(c2c1-c1ccc(C)cc1)CCC3. The first kappa shape index (κ1) is 18.1. The van der Waals surface area contributed by atoms with Crippen molar-refractivity contribution in [2.45, 2.75) is 33.1 Å². The van der Waals surface area contributed by atoms with Gasteiger partial charge >= 0.3 is 5.97 Å². The van der Waals surface area contributed by atoms with Crippen LogP contribution in [0.3, 0.4) is 0 Å². The average molecular weight is 381 g/mol. The number of carbonyl (C=O) groups excluding carboxylic acids is 1. The molecule has 5 heteroatoms. The highest BCUT2D eigenvalue weighted by molar-refractivity contribution is 7.19. The summed E-state index contributed by atoms with van der Waals surface area (Å²) in [5, 5.41) is 1.14. The summed E-state index contributed by atoms with van der Waals surface area (Å²) in [6, 6.07) is 8.36. The smallest absolute Gasteiger partial charge is 0.340 e. The second kappa shape index (κ2) is 7.41. The Bertz CT molecular complexity index is 1000. The van der Waals surface area contributed by atoms with Crippen LogP contribution in [0.4, 0.5) is 0 Å². The summed E-state index contributed by atoms with van der Waals surface area (Å²) in [6.45, 7) is 4.59. The molecule has 0 bridgehead atoms. The van der Waals surface area contributed by atoms with Crippen LogP contribution in [0.1, 0.15) is 38.5 Å². The van der Waals surface area contributed by atoms with Gasteiger partial charge in [0.1, 0.15) is 11.4 Å². The minimum Gasteiger partial charge on any atom is -0.460 e. The van der Waals surface area contributed by atoms with E-state index in [0.717, 1.165) is 39.9 Å². The van der Waals surface area contributed by atoms with Gasteiger partial charge in [-0.1, -0.05) is 29.8 Å². The summed E-state index contributed by atoms with van der Waals surface area (Å²) in [7, 11) is 1.60. The molecule has 1 aromatic carbocycles.